The number of carbonyl (C=O) groups is 1. The lowest BCUT2D eigenvalue weighted by molar-refractivity contribution is 0.0693. The van der Waals surface area contributed by atoms with Gasteiger partial charge in [0.15, 0.2) is 5.75 Å². The van der Waals surface area contributed by atoms with E-state index in [1.54, 1.807) is 0 Å². The molecule has 0 fully saturated rings. The van der Waals surface area contributed by atoms with Crippen molar-refractivity contribution in [1.82, 2.24) is 4.72 Å². The van der Waals surface area contributed by atoms with Crippen LogP contribution in [0.25, 0.3) is 0 Å². The molecule has 0 spiro atoms. The van der Waals surface area contributed by atoms with E-state index in [4.69, 9.17) is 27.9 Å². The van der Waals surface area contributed by atoms with Gasteiger partial charge in [-0.2, -0.15) is 0 Å². The molecule has 8 heteroatoms. The fraction of sp³-hybridized carbons (Fsp3) is 0.250. The first-order valence-corrected chi connectivity index (χ1v) is 7.23. The average molecular weight is 318 g/mol. The largest absolute Gasteiger partial charge is 0.494 e. The third kappa shape index (κ3) is 3.63. The van der Waals surface area contributed by atoms with Gasteiger partial charge in [0.1, 0.15) is 10.5 Å². The fourth-order valence-corrected chi connectivity index (χ4v) is 3.00. The smallest absolute Gasteiger partial charge is 0.339 e. The molecule has 0 aliphatic carbocycles. The molecule has 1 aromatic rings. The van der Waals surface area contributed by atoms with E-state index in [-0.39, 0.29) is 34.2 Å². The number of halogens is 1. The van der Waals surface area contributed by atoms with E-state index >= 15 is 0 Å². The highest BCUT2D eigenvalue weighted by Gasteiger charge is 2.25. The van der Waals surface area contributed by atoms with E-state index in [9.17, 15) is 13.2 Å². The molecular weight excluding hydrogens is 306 g/mol. The minimum Gasteiger partial charge on any atom is -0.494 e. The first-order chi connectivity index (χ1) is 9.33. The number of hydrogen-bond acceptors (Lipinski definition) is 4. The highest BCUT2D eigenvalue weighted by molar-refractivity contribution is 7.89. The second-order valence-corrected chi connectivity index (χ2v) is 5.81. The zero-order chi connectivity index (χ0) is 15.3. The van der Waals surface area contributed by atoms with Crippen LogP contribution >= 0.6 is 11.6 Å². The van der Waals surface area contributed by atoms with E-state index in [2.05, 4.69) is 10.6 Å². The summed E-state index contributed by atoms with van der Waals surface area (Å²) in [4.78, 5) is 10.7. The molecular formula is C12H12ClNO5S. The SMILES string of the molecule is C#CCCNS(=O)(=O)c1cc(Cl)cc(C(=O)O)c1OC. The van der Waals surface area contributed by atoms with E-state index in [1.165, 1.54) is 7.11 Å². The van der Waals surface area contributed by atoms with Crippen molar-refractivity contribution in [2.24, 2.45) is 0 Å². The molecule has 1 aromatic carbocycles. The maximum absolute atomic E-state index is 12.1. The van der Waals surface area contributed by atoms with Crippen LogP contribution in [0.4, 0.5) is 0 Å². The molecule has 0 aromatic heterocycles. The highest BCUT2D eigenvalue weighted by Crippen LogP contribution is 2.31. The lowest BCUT2D eigenvalue weighted by atomic mass is 10.2. The molecule has 0 radical (unpaired) electrons. The summed E-state index contributed by atoms with van der Waals surface area (Å²) in [6.45, 7) is 0.0247. The summed E-state index contributed by atoms with van der Waals surface area (Å²) in [7, 11) is -2.80. The predicted molar refractivity (Wildman–Crippen MR) is 73.6 cm³/mol. The topological polar surface area (TPSA) is 92.7 Å². The lowest BCUT2D eigenvalue weighted by Gasteiger charge is -2.13. The van der Waals surface area contributed by atoms with Gasteiger partial charge in [0.25, 0.3) is 0 Å². The van der Waals surface area contributed by atoms with Crippen LogP contribution in [0, 0.1) is 12.3 Å². The molecule has 0 saturated carbocycles. The van der Waals surface area contributed by atoms with Gasteiger partial charge in [-0.3, -0.25) is 0 Å². The molecule has 20 heavy (non-hydrogen) atoms. The summed E-state index contributed by atoms with van der Waals surface area (Å²) >= 11 is 5.75. The van der Waals surface area contributed by atoms with Crippen LogP contribution in [0.15, 0.2) is 17.0 Å². The molecule has 0 unspecified atom stereocenters. The Kier molecular flexibility index (Phi) is 5.39. The van der Waals surface area contributed by atoms with Gasteiger partial charge in [0, 0.05) is 18.0 Å². The van der Waals surface area contributed by atoms with Crippen LogP contribution in [0.3, 0.4) is 0 Å². The van der Waals surface area contributed by atoms with Gasteiger partial charge in [-0.1, -0.05) is 11.6 Å². The number of rotatable bonds is 6. The third-order valence-corrected chi connectivity index (χ3v) is 3.99. The summed E-state index contributed by atoms with van der Waals surface area (Å²) in [5, 5.41) is 9.02. The second-order valence-electron chi connectivity index (χ2n) is 3.64. The Bertz CT molecular complexity index is 663. The minimum atomic E-state index is -3.97. The Morgan fingerprint density at radius 3 is 2.70 bits per heavy atom. The Morgan fingerprint density at radius 2 is 2.20 bits per heavy atom. The Morgan fingerprint density at radius 1 is 1.55 bits per heavy atom. The van der Waals surface area contributed by atoms with E-state index in [1.807, 2.05) is 0 Å². The number of sulfonamides is 1. The number of carboxylic acids is 1. The van der Waals surface area contributed by atoms with E-state index in [0.717, 1.165) is 12.1 Å². The fourth-order valence-electron chi connectivity index (χ4n) is 1.47. The first kappa shape index (κ1) is 16.3. The molecule has 2 N–H and O–H groups in total. The monoisotopic (exact) mass is 317 g/mol. The number of nitrogens with one attached hydrogen (secondary N) is 1. The molecule has 0 amide bonds. The van der Waals surface area contributed by atoms with Crippen LogP contribution in [0.5, 0.6) is 5.75 Å². The number of methoxy groups -OCH3 is 1. The van der Waals surface area contributed by atoms with Gasteiger partial charge in [0.05, 0.1) is 7.11 Å². The summed E-state index contributed by atoms with van der Waals surface area (Å²) < 4.78 is 31.3. The molecule has 1 rings (SSSR count). The van der Waals surface area contributed by atoms with Crippen LogP contribution in [0.1, 0.15) is 16.8 Å². The molecule has 0 saturated heterocycles. The van der Waals surface area contributed by atoms with Crippen LogP contribution < -0.4 is 9.46 Å². The van der Waals surface area contributed by atoms with Gasteiger partial charge < -0.3 is 9.84 Å². The van der Waals surface area contributed by atoms with Crippen molar-refractivity contribution < 1.29 is 23.1 Å². The first-order valence-electron chi connectivity index (χ1n) is 5.37. The van der Waals surface area contributed by atoms with E-state index in [0.29, 0.717) is 0 Å². The van der Waals surface area contributed by atoms with Gasteiger partial charge in [-0.05, 0) is 12.1 Å². The number of benzene rings is 1. The average Bonchev–Trinajstić information content (AvgIpc) is 2.37. The summed E-state index contributed by atoms with van der Waals surface area (Å²) in [5.74, 6) is 0.658. The summed E-state index contributed by atoms with van der Waals surface area (Å²) in [5.41, 5.74) is -0.336. The molecule has 0 aliphatic heterocycles. The number of ether oxygens (including phenoxy) is 1. The van der Waals surface area contributed by atoms with Crippen molar-refractivity contribution in [3.05, 3.63) is 22.7 Å². The quantitative estimate of drug-likeness (QED) is 0.610. The molecule has 0 aliphatic rings. The van der Waals surface area contributed by atoms with Crippen LogP contribution in [0.2, 0.25) is 5.02 Å². The zero-order valence-corrected chi connectivity index (χ0v) is 12.1. The zero-order valence-electron chi connectivity index (χ0n) is 10.5. The van der Waals surface area contributed by atoms with Crippen molar-refractivity contribution in [3.63, 3.8) is 0 Å². The molecule has 108 valence electrons. The van der Waals surface area contributed by atoms with Gasteiger partial charge in [-0.25, -0.2) is 17.9 Å². The van der Waals surface area contributed by atoms with Crippen molar-refractivity contribution in [2.45, 2.75) is 11.3 Å². The maximum Gasteiger partial charge on any atom is 0.339 e. The highest BCUT2D eigenvalue weighted by atomic mass is 35.5. The minimum absolute atomic E-state index is 0.0247. The van der Waals surface area contributed by atoms with Gasteiger partial charge in [-0.15, -0.1) is 12.3 Å². The molecule has 6 nitrogen and oxygen atoms in total. The van der Waals surface area contributed by atoms with Crippen LogP contribution in [-0.4, -0.2) is 33.1 Å². The van der Waals surface area contributed by atoms with E-state index < -0.39 is 16.0 Å². The van der Waals surface area contributed by atoms with Crippen molar-refractivity contribution >= 4 is 27.6 Å². The van der Waals surface area contributed by atoms with Crippen molar-refractivity contribution in [1.29, 1.82) is 0 Å². The maximum atomic E-state index is 12.1. The van der Waals surface area contributed by atoms with Gasteiger partial charge >= 0.3 is 5.97 Å². The lowest BCUT2D eigenvalue weighted by Crippen LogP contribution is -2.25. The number of hydrogen-bond donors (Lipinski definition) is 2. The predicted octanol–water partition coefficient (Wildman–Crippen LogP) is 1.35. The number of terminal acetylenes is 1. The Hall–Kier alpha value is -1.75. The van der Waals surface area contributed by atoms with Crippen molar-refractivity contribution in [3.8, 4) is 18.1 Å². The normalized spacial score (nSPS) is 10.8. The molecule has 0 bridgehead atoms. The third-order valence-electron chi connectivity index (χ3n) is 2.31. The van der Waals surface area contributed by atoms with Crippen molar-refractivity contribution in [2.75, 3.05) is 13.7 Å². The number of aromatic carboxylic acids is 1. The Balaban J connectivity index is 3.37. The molecule has 0 atom stereocenters. The van der Waals surface area contributed by atoms with Crippen LogP contribution in [-0.2, 0) is 10.0 Å². The summed E-state index contributed by atoms with van der Waals surface area (Å²) in [6.07, 6.45) is 5.23. The van der Waals surface area contributed by atoms with Gasteiger partial charge in [0.2, 0.25) is 10.0 Å². The number of carboxylic acid groups (broad SMARTS) is 1. The standard InChI is InChI=1S/C12H12ClNO5S/c1-3-4-5-14-20(17,18)10-7-8(13)6-9(12(15)16)11(10)19-2/h1,6-7,14H,4-5H2,2H3,(H,15,16). The summed E-state index contributed by atoms with van der Waals surface area (Å²) in [6, 6.07) is 2.23. The Labute approximate surface area is 121 Å². The second kappa shape index (κ2) is 6.61. The molecule has 0 heterocycles.